The van der Waals surface area contributed by atoms with E-state index < -0.39 is 18.0 Å². The van der Waals surface area contributed by atoms with Gasteiger partial charge in [-0.3, -0.25) is 9.59 Å². The number of carbonyl (C=O) groups excluding carboxylic acids is 2. The number of rotatable bonds is 7. The molecule has 3 aliphatic carbocycles. The average Bonchev–Trinajstić information content (AvgIpc) is 3.56. The lowest BCUT2D eigenvalue weighted by molar-refractivity contribution is -0.140. The molecule has 0 aliphatic heterocycles. The molecule has 0 heterocycles. The Hall–Kier alpha value is -3.61. The minimum atomic E-state index is -0.865. The van der Waals surface area contributed by atoms with Crippen molar-refractivity contribution in [2.45, 2.75) is 50.1 Å². The normalized spacial score (nSPS) is 24.6. The van der Waals surface area contributed by atoms with Gasteiger partial charge < -0.3 is 20.5 Å². The zero-order valence-electron chi connectivity index (χ0n) is 19.5. The maximum Gasteiger partial charge on any atom is 0.407 e. The Morgan fingerprint density at radius 3 is 2.23 bits per heavy atom. The van der Waals surface area contributed by atoms with Crippen molar-refractivity contribution in [1.29, 1.82) is 0 Å². The van der Waals surface area contributed by atoms with E-state index >= 15 is 0 Å². The molecule has 0 saturated heterocycles. The molecule has 7 nitrogen and oxygen atoms in total. The van der Waals surface area contributed by atoms with E-state index in [0.29, 0.717) is 12.8 Å². The maximum absolute atomic E-state index is 12.6. The second-order valence-corrected chi connectivity index (χ2v) is 9.79. The molecule has 7 heteroatoms. The predicted octanol–water partition coefficient (Wildman–Crippen LogP) is 4.23. The molecule has 5 rings (SSSR count). The highest BCUT2D eigenvalue weighted by Gasteiger charge is 2.32. The number of carboxylic acid groups (broad SMARTS) is 1. The van der Waals surface area contributed by atoms with Crippen molar-refractivity contribution >= 4 is 18.0 Å². The zero-order valence-corrected chi connectivity index (χ0v) is 19.5. The van der Waals surface area contributed by atoms with Gasteiger partial charge in [0.15, 0.2) is 0 Å². The Morgan fingerprint density at radius 1 is 0.886 bits per heavy atom. The molecule has 182 valence electrons. The number of ether oxygens (including phenoxy) is 1. The molecule has 1 saturated carbocycles. The summed E-state index contributed by atoms with van der Waals surface area (Å²) in [7, 11) is 0. The van der Waals surface area contributed by atoms with Crippen LogP contribution in [0.3, 0.4) is 0 Å². The van der Waals surface area contributed by atoms with Gasteiger partial charge in [0.2, 0.25) is 5.91 Å². The van der Waals surface area contributed by atoms with E-state index in [1.807, 2.05) is 24.3 Å². The van der Waals surface area contributed by atoms with Gasteiger partial charge in [-0.05, 0) is 53.9 Å². The lowest BCUT2D eigenvalue weighted by atomic mass is 9.98. The second-order valence-electron chi connectivity index (χ2n) is 9.79. The Kier molecular flexibility index (Phi) is 6.57. The highest BCUT2D eigenvalue weighted by atomic mass is 16.5. The minimum Gasteiger partial charge on any atom is -0.481 e. The molecular weight excluding hydrogens is 444 g/mol. The third-order valence-corrected chi connectivity index (χ3v) is 7.43. The van der Waals surface area contributed by atoms with Crippen LogP contribution in [0.25, 0.3) is 11.1 Å². The van der Waals surface area contributed by atoms with Crippen molar-refractivity contribution in [3.8, 4) is 11.1 Å². The van der Waals surface area contributed by atoms with Crippen LogP contribution < -0.4 is 10.6 Å². The number of carbonyl (C=O) groups is 3. The Labute approximate surface area is 204 Å². The third-order valence-electron chi connectivity index (χ3n) is 7.43. The van der Waals surface area contributed by atoms with Crippen molar-refractivity contribution in [1.82, 2.24) is 10.6 Å². The number of amides is 2. The van der Waals surface area contributed by atoms with E-state index in [1.54, 1.807) is 12.2 Å². The van der Waals surface area contributed by atoms with Crippen molar-refractivity contribution in [2.75, 3.05) is 6.61 Å². The molecule has 2 amide bonds. The van der Waals surface area contributed by atoms with Gasteiger partial charge >= 0.3 is 12.1 Å². The van der Waals surface area contributed by atoms with Crippen LogP contribution in [0.5, 0.6) is 0 Å². The number of nitrogens with one attached hydrogen (secondary N) is 2. The SMILES string of the molecule is O=C(CC1CCC(NC(=O)OCC2c3ccccc3-c3ccccc32)C1)NC1C=CC(C(=O)O)C1. The van der Waals surface area contributed by atoms with E-state index in [9.17, 15) is 14.4 Å². The van der Waals surface area contributed by atoms with E-state index in [2.05, 4.69) is 34.9 Å². The van der Waals surface area contributed by atoms with E-state index in [0.717, 1.165) is 19.3 Å². The summed E-state index contributed by atoms with van der Waals surface area (Å²) < 4.78 is 5.65. The fourth-order valence-corrected chi connectivity index (χ4v) is 5.72. The van der Waals surface area contributed by atoms with Crippen LogP contribution in [0, 0.1) is 11.8 Å². The van der Waals surface area contributed by atoms with Gasteiger partial charge in [0.25, 0.3) is 0 Å². The highest BCUT2D eigenvalue weighted by molar-refractivity contribution is 5.79. The van der Waals surface area contributed by atoms with Gasteiger partial charge in [0.1, 0.15) is 6.61 Å². The number of alkyl carbamates (subject to hydrolysis) is 1. The first-order valence-electron chi connectivity index (χ1n) is 12.3. The molecule has 3 N–H and O–H groups in total. The first kappa shape index (κ1) is 23.1. The highest BCUT2D eigenvalue weighted by Crippen LogP contribution is 2.44. The first-order chi connectivity index (χ1) is 17.0. The Morgan fingerprint density at radius 2 is 1.57 bits per heavy atom. The molecule has 3 aliphatic rings. The largest absolute Gasteiger partial charge is 0.481 e. The zero-order chi connectivity index (χ0) is 24.4. The van der Waals surface area contributed by atoms with Gasteiger partial charge in [0, 0.05) is 24.4 Å². The van der Waals surface area contributed by atoms with Crippen molar-refractivity contribution in [2.24, 2.45) is 11.8 Å². The summed E-state index contributed by atoms with van der Waals surface area (Å²) in [6.45, 7) is 0.282. The maximum atomic E-state index is 12.6. The van der Waals surface area contributed by atoms with Crippen LogP contribution in [0.15, 0.2) is 60.7 Å². The fraction of sp³-hybridized carbons (Fsp3) is 0.393. The Balaban J connectivity index is 1.07. The topological polar surface area (TPSA) is 105 Å². The smallest absolute Gasteiger partial charge is 0.407 e. The molecular formula is C28H30N2O5. The number of fused-ring (bicyclic) bond motifs is 3. The second kappa shape index (κ2) is 9.94. The van der Waals surface area contributed by atoms with E-state index in [1.165, 1.54) is 22.3 Å². The van der Waals surface area contributed by atoms with Crippen LogP contribution in [-0.4, -0.2) is 41.8 Å². The summed E-state index contributed by atoms with van der Waals surface area (Å²) in [5, 5.41) is 15.0. The summed E-state index contributed by atoms with van der Waals surface area (Å²) in [4.78, 5) is 36.0. The van der Waals surface area contributed by atoms with Crippen LogP contribution >= 0.6 is 0 Å². The molecule has 1 fully saturated rings. The minimum absolute atomic E-state index is 0.00813. The fourth-order valence-electron chi connectivity index (χ4n) is 5.72. The van der Waals surface area contributed by atoms with Crippen LogP contribution in [0.2, 0.25) is 0 Å². The van der Waals surface area contributed by atoms with Gasteiger partial charge in [-0.1, -0.05) is 60.7 Å². The number of benzene rings is 2. The van der Waals surface area contributed by atoms with Crippen molar-refractivity contribution in [3.05, 3.63) is 71.8 Å². The molecule has 0 radical (unpaired) electrons. The Bertz CT molecular complexity index is 1110. The molecule has 2 aromatic rings. The number of carboxylic acids is 1. The van der Waals surface area contributed by atoms with E-state index in [-0.39, 0.29) is 36.4 Å². The predicted molar refractivity (Wildman–Crippen MR) is 131 cm³/mol. The lowest BCUT2D eigenvalue weighted by Crippen LogP contribution is -2.35. The average molecular weight is 475 g/mol. The monoisotopic (exact) mass is 474 g/mol. The van der Waals surface area contributed by atoms with Crippen LogP contribution in [0.1, 0.15) is 49.1 Å². The van der Waals surface area contributed by atoms with E-state index in [4.69, 9.17) is 9.84 Å². The summed E-state index contributed by atoms with van der Waals surface area (Å²) in [5.74, 6) is -1.25. The standard InChI is InChI=1S/C28H30N2O5/c31-26(29-20-12-10-18(15-20)27(32)33)14-17-9-11-19(13-17)30-28(34)35-16-25-23-7-3-1-5-21(23)22-6-2-4-8-24(22)25/h1-8,10,12,17-20,25H,9,11,13-16H2,(H,29,31)(H,30,34)(H,32,33). The summed E-state index contributed by atoms with van der Waals surface area (Å²) in [6.07, 6.45) is 6.16. The summed E-state index contributed by atoms with van der Waals surface area (Å²) in [6, 6.07) is 16.3. The summed E-state index contributed by atoms with van der Waals surface area (Å²) >= 11 is 0. The van der Waals surface area contributed by atoms with Gasteiger partial charge in [0.05, 0.1) is 5.92 Å². The lowest BCUT2D eigenvalue weighted by Gasteiger charge is -2.17. The van der Waals surface area contributed by atoms with Crippen LogP contribution in [0.4, 0.5) is 4.79 Å². The molecule has 2 aromatic carbocycles. The van der Waals surface area contributed by atoms with Gasteiger partial charge in [-0.25, -0.2) is 4.79 Å². The van der Waals surface area contributed by atoms with Gasteiger partial charge in [-0.2, -0.15) is 0 Å². The van der Waals surface area contributed by atoms with Crippen molar-refractivity contribution < 1.29 is 24.2 Å². The van der Waals surface area contributed by atoms with Crippen LogP contribution in [-0.2, 0) is 14.3 Å². The molecule has 4 unspecified atom stereocenters. The number of aliphatic carboxylic acids is 1. The molecule has 35 heavy (non-hydrogen) atoms. The molecule has 0 bridgehead atoms. The van der Waals surface area contributed by atoms with Crippen molar-refractivity contribution in [3.63, 3.8) is 0 Å². The molecule has 0 spiro atoms. The quantitative estimate of drug-likeness (QED) is 0.521. The first-order valence-corrected chi connectivity index (χ1v) is 12.3. The number of hydrogen-bond donors (Lipinski definition) is 3. The third kappa shape index (κ3) is 5.09. The van der Waals surface area contributed by atoms with Gasteiger partial charge in [-0.15, -0.1) is 0 Å². The number of hydrogen-bond acceptors (Lipinski definition) is 4. The summed E-state index contributed by atoms with van der Waals surface area (Å²) in [5.41, 5.74) is 4.75. The molecule has 4 atom stereocenters. The molecule has 0 aromatic heterocycles.